The summed E-state index contributed by atoms with van der Waals surface area (Å²) in [6.07, 6.45) is -2.96. The standard InChI is InChI=1S/C19H18ClF3N2O4S/c20-13-9-12(4-6-14(13)21)24-19(27)11-3-5-16(23)18(8-11)30(28,29)25-7-1-2-15(22)17(26)10-25/h3-6,8-9,15,17,26H,1-2,7,10H2,(H,24,27)/t15?,17-/m1/s1. The minimum Gasteiger partial charge on any atom is -0.389 e. The Labute approximate surface area is 176 Å². The topological polar surface area (TPSA) is 86.7 Å². The van der Waals surface area contributed by atoms with Crippen LogP contribution in [0.15, 0.2) is 41.3 Å². The molecule has 2 atom stereocenters. The highest BCUT2D eigenvalue weighted by Crippen LogP contribution is 2.26. The maximum absolute atomic E-state index is 14.4. The van der Waals surface area contributed by atoms with Crippen molar-refractivity contribution >= 4 is 33.2 Å². The number of hydrogen-bond donors (Lipinski definition) is 2. The van der Waals surface area contributed by atoms with E-state index in [2.05, 4.69) is 5.32 Å². The van der Waals surface area contributed by atoms with Crippen LogP contribution in [0.3, 0.4) is 0 Å². The molecule has 3 rings (SSSR count). The van der Waals surface area contributed by atoms with E-state index < -0.39 is 51.3 Å². The first-order valence-electron chi connectivity index (χ1n) is 8.98. The molecule has 2 N–H and O–H groups in total. The fourth-order valence-corrected chi connectivity index (χ4v) is 4.81. The van der Waals surface area contributed by atoms with Crippen LogP contribution in [0, 0.1) is 11.6 Å². The van der Waals surface area contributed by atoms with E-state index in [0.29, 0.717) is 0 Å². The summed E-state index contributed by atoms with van der Waals surface area (Å²) >= 11 is 5.66. The molecule has 0 bridgehead atoms. The van der Waals surface area contributed by atoms with Gasteiger partial charge in [0.25, 0.3) is 5.91 Å². The number of anilines is 1. The maximum Gasteiger partial charge on any atom is 0.255 e. The smallest absolute Gasteiger partial charge is 0.255 e. The van der Waals surface area contributed by atoms with Crippen molar-refractivity contribution in [2.45, 2.75) is 30.0 Å². The van der Waals surface area contributed by atoms with E-state index in [9.17, 15) is 31.5 Å². The van der Waals surface area contributed by atoms with E-state index in [1.807, 2.05) is 0 Å². The van der Waals surface area contributed by atoms with E-state index in [4.69, 9.17) is 11.6 Å². The molecule has 0 aromatic heterocycles. The molecule has 1 unspecified atom stereocenters. The van der Waals surface area contributed by atoms with Crippen LogP contribution in [-0.2, 0) is 10.0 Å². The normalized spacial score (nSPS) is 20.6. The number of β-amino-alcohol motifs (C(OH)–C–C–N with tert-alkyl or cyclic N) is 1. The summed E-state index contributed by atoms with van der Waals surface area (Å²) in [6.45, 7) is -0.614. The van der Waals surface area contributed by atoms with Crippen LogP contribution in [-0.4, -0.2) is 49.1 Å². The van der Waals surface area contributed by atoms with Gasteiger partial charge in [-0.3, -0.25) is 4.79 Å². The largest absolute Gasteiger partial charge is 0.389 e. The Morgan fingerprint density at radius 3 is 2.57 bits per heavy atom. The lowest BCUT2D eigenvalue weighted by Gasteiger charge is -2.22. The Kier molecular flexibility index (Phi) is 6.71. The third-order valence-corrected chi connectivity index (χ3v) is 6.85. The number of carbonyl (C=O) groups excluding carboxylic acids is 1. The molecule has 2 aromatic carbocycles. The first-order valence-corrected chi connectivity index (χ1v) is 10.8. The Morgan fingerprint density at radius 2 is 1.87 bits per heavy atom. The molecule has 0 spiro atoms. The van der Waals surface area contributed by atoms with Crippen molar-refractivity contribution in [3.63, 3.8) is 0 Å². The summed E-state index contributed by atoms with van der Waals surface area (Å²) in [5.41, 5.74) is -0.0149. The third kappa shape index (κ3) is 4.77. The number of rotatable bonds is 4. The summed E-state index contributed by atoms with van der Waals surface area (Å²) in [4.78, 5) is 11.7. The molecule has 0 aliphatic carbocycles. The lowest BCUT2D eigenvalue weighted by atomic mass is 10.1. The molecule has 0 radical (unpaired) electrons. The zero-order valence-corrected chi connectivity index (χ0v) is 17.1. The predicted octanol–water partition coefficient (Wildman–Crippen LogP) is 3.35. The van der Waals surface area contributed by atoms with Crippen LogP contribution in [0.4, 0.5) is 18.9 Å². The van der Waals surface area contributed by atoms with Crippen molar-refractivity contribution in [2.24, 2.45) is 0 Å². The Hall–Kier alpha value is -2.14. The zero-order chi connectivity index (χ0) is 22.1. The first kappa shape index (κ1) is 22.5. The lowest BCUT2D eigenvalue weighted by Crippen LogP contribution is -2.39. The number of nitrogens with zero attached hydrogens (tertiary/aromatic N) is 1. The minimum absolute atomic E-state index is 0.0155. The molecule has 1 amide bonds. The highest BCUT2D eigenvalue weighted by molar-refractivity contribution is 7.89. The van der Waals surface area contributed by atoms with E-state index in [0.717, 1.165) is 28.6 Å². The first-order chi connectivity index (χ1) is 14.1. The quantitative estimate of drug-likeness (QED) is 0.729. The van der Waals surface area contributed by atoms with Gasteiger partial charge in [0.2, 0.25) is 10.0 Å². The molecule has 0 saturated carbocycles. The van der Waals surface area contributed by atoms with Crippen LogP contribution in [0.25, 0.3) is 0 Å². The second-order valence-electron chi connectivity index (χ2n) is 6.82. The Morgan fingerprint density at radius 1 is 1.17 bits per heavy atom. The molecule has 1 aliphatic heterocycles. The van der Waals surface area contributed by atoms with Gasteiger partial charge in [-0.05, 0) is 49.2 Å². The molecule has 6 nitrogen and oxygen atoms in total. The summed E-state index contributed by atoms with van der Waals surface area (Å²) in [5.74, 6) is -2.54. The molecule has 11 heteroatoms. The molecular formula is C19H18ClF3N2O4S. The number of halogens is 4. The van der Waals surface area contributed by atoms with Crippen molar-refractivity contribution < 1.29 is 31.5 Å². The number of aliphatic hydroxyl groups excluding tert-OH is 1. The van der Waals surface area contributed by atoms with Crippen molar-refractivity contribution in [2.75, 3.05) is 18.4 Å². The SMILES string of the molecule is O=C(Nc1ccc(F)c(Cl)c1)c1ccc(F)c(S(=O)(=O)N2CCCC(F)[C@H](O)C2)c1. The van der Waals surface area contributed by atoms with Crippen molar-refractivity contribution in [1.29, 1.82) is 0 Å². The molecular weight excluding hydrogens is 445 g/mol. The van der Waals surface area contributed by atoms with Gasteiger partial charge in [-0.1, -0.05) is 11.6 Å². The summed E-state index contributed by atoms with van der Waals surface area (Å²) in [5, 5.41) is 12.0. The molecule has 2 aromatic rings. The number of alkyl halides is 1. The van der Waals surface area contributed by atoms with Gasteiger partial charge in [0, 0.05) is 24.3 Å². The Bertz CT molecular complexity index is 1070. The van der Waals surface area contributed by atoms with Crippen molar-refractivity contribution in [3.8, 4) is 0 Å². The minimum atomic E-state index is -4.43. The van der Waals surface area contributed by atoms with Gasteiger partial charge < -0.3 is 10.4 Å². The lowest BCUT2D eigenvalue weighted by molar-refractivity contribution is 0.0710. The highest BCUT2D eigenvalue weighted by atomic mass is 35.5. The highest BCUT2D eigenvalue weighted by Gasteiger charge is 2.34. The molecule has 1 aliphatic rings. The van der Waals surface area contributed by atoms with E-state index in [1.54, 1.807) is 0 Å². The van der Waals surface area contributed by atoms with Crippen molar-refractivity contribution in [3.05, 3.63) is 58.6 Å². The van der Waals surface area contributed by atoms with Gasteiger partial charge in [0.15, 0.2) is 0 Å². The molecule has 162 valence electrons. The molecule has 1 heterocycles. The van der Waals surface area contributed by atoms with Crippen LogP contribution in [0.1, 0.15) is 23.2 Å². The van der Waals surface area contributed by atoms with Gasteiger partial charge in [-0.2, -0.15) is 4.31 Å². The summed E-state index contributed by atoms with van der Waals surface area (Å²) in [7, 11) is -4.43. The predicted molar refractivity (Wildman–Crippen MR) is 105 cm³/mol. The average molecular weight is 463 g/mol. The summed E-state index contributed by atoms with van der Waals surface area (Å²) in [6, 6.07) is 6.24. The van der Waals surface area contributed by atoms with Gasteiger partial charge in [-0.25, -0.2) is 21.6 Å². The number of sulfonamides is 1. The number of aliphatic hydroxyl groups is 1. The number of amides is 1. The monoisotopic (exact) mass is 462 g/mol. The van der Waals surface area contributed by atoms with Gasteiger partial charge in [-0.15, -0.1) is 0 Å². The average Bonchev–Trinajstić information content (AvgIpc) is 2.86. The van der Waals surface area contributed by atoms with Crippen LogP contribution < -0.4 is 5.32 Å². The van der Waals surface area contributed by atoms with E-state index >= 15 is 0 Å². The fraction of sp³-hybridized carbons (Fsp3) is 0.316. The van der Waals surface area contributed by atoms with Gasteiger partial charge in [0.05, 0.1) is 11.1 Å². The van der Waals surface area contributed by atoms with Gasteiger partial charge >= 0.3 is 0 Å². The molecule has 1 saturated heterocycles. The molecule has 1 fully saturated rings. The summed E-state index contributed by atoms with van der Waals surface area (Å²) < 4.78 is 67.9. The zero-order valence-electron chi connectivity index (χ0n) is 15.5. The van der Waals surface area contributed by atoms with Gasteiger partial charge in [0.1, 0.15) is 22.7 Å². The van der Waals surface area contributed by atoms with Crippen LogP contribution in [0.5, 0.6) is 0 Å². The van der Waals surface area contributed by atoms with Crippen molar-refractivity contribution in [1.82, 2.24) is 4.31 Å². The van der Waals surface area contributed by atoms with Crippen LogP contribution >= 0.6 is 11.6 Å². The number of hydrogen-bond acceptors (Lipinski definition) is 4. The number of carbonyl (C=O) groups is 1. The van der Waals surface area contributed by atoms with E-state index in [-0.39, 0.29) is 35.7 Å². The Balaban J connectivity index is 1.88. The number of benzene rings is 2. The fourth-order valence-electron chi connectivity index (χ4n) is 3.05. The van der Waals surface area contributed by atoms with Crippen LogP contribution in [0.2, 0.25) is 5.02 Å². The second-order valence-corrected chi connectivity index (χ2v) is 9.13. The van der Waals surface area contributed by atoms with E-state index in [1.165, 1.54) is 12.1 Å². The maximum atomic E-state index is 14.4. The second kappa shape index (κ2) is 8.93. The number of nitrogens with one attached hydrogen (secondary N) is 1. The molecule has 30 heavy (non-hydrogen) atoms. The third-order valence-electron chi connectivity index (χ3n) is 4.68.